The molecule has 1 fully saturated rings. The van der Waals surface area contributed by atoms with Crippen LogP contribution in [0.5, 0.6) is 0 Å². The molecule has 0 spiro atoms. The second kappa shape index (κ2) is 7.72. The van der Waals surface area contributed by atoms with Gasteiger partial charge in [-0.05, 0) is 29.9 Å². The molecule has 0 amide bonds. The van der Waals surface area contributed by atoms with E-state index in [9.17, 15) is 5.11 Å². The number of benzene rings is 2. The van der Waals surface area contributed by atoms with Crippen LogP contribution in [0.4, 0.5) is 0 Å². The Bertz CT molecular complexity index is 654. The molecule has 0 aromatic heterocycles. The van der Waals surface area contributed by atoms with Crippen molar-refractivity contribution in [3.8, 4) is 0 Å². The van der Waals surface area contributed by atoms with E-state index in [1.807, 2.05) is 0 Å². The first-order valence-electron chi connectivity index (χ1n) is 9.63. The van der Waals surface area contributed by atoms with Crippen LogP contribution >= 0.6 is 0 Å². The first kappa shape index (κ1) is 18.2. The lowest BCUT2D eigenvalue weighted by atomic mass is 9.65. The van der Waals surface area contributed by atoms with Gasteiger partial charge in [0.2, 0.25) is 0 Å². The van der Waals surface area contributed by atoms with Crippen LogP contribution in [-0.2, 0) is 0 Å². The maximum absolute atomic E-state index is 11.7. The van der Waals surface area contributed by atoms with Crippen molar-refractivity contribution in [3.63, 3.8) is 0 Å². The Balaban J connectivity index is 2.02. The molecule has 0 aliphatic carbocycles. The van der Waals surface area contributed by atoms with Crippen LogP contribution in [-0.4, -0.2) is 10.7 Å². The number of aliphatic hydroxyl groups is 1. The fourth-order valence-corrected chi connectivity index (χ4v) is 4.75. The standard InChI is InChI=1S/C23H31NO/c1-4-15-23(25)16-20(18-11-7-5-8-12-18)24-22(21(23)17(2)3)19-13-9-6-10-14-19/h5-14,17,20-22,24-25H,4,15-16H2,1-3H3/t20-,21-,22+,23+/m1/s1. The molecule has 1 heterocycles. The van der Waals surface area contributed by atoms with Gasteiger partial charge < -0.3 is 10.4 Å². The minimum Gasteiger partial charge on any atom is -0.389 e. The summed E-state index contributed by atoms with van der Waals surface area (Å²) in [5, 5.41) is 15.6. The third kappa shape index (κ3) is 3.80. The van der Waals surface area contributed by atoms with Gasteiger partial charge in [0.25, 0.3) is 0 Å². The summed E-state index contributed by atoms with van der Waals surface area (Å²) in [7, 11) is 0. The summed E-state index contributed by atoms with van der Waals surface area (Å²) in [6.45, 7) is 6.66. The molecule has 1 aliphatic rings. The Labute approximate surface area is 152 Å². The normalized spacial score (nSPS) is 29.7. The van der Waals surface area contributed by atoms with Crippen molar-refractivity contribution in [1.82, 2.24) is 5.32 Å². The fourth-order valence-electron chi connectivity index (χ4n) is 4.75. The second-order valence-electron chi connectivity index (χ2n) is 7.85. The lowest BCUT2D eigenvalue weighted by Crippen LogP contribution is -2.55. The Morgan fingerprint density at radius 2 is 1.56 bits per heavy atom. The first-order chi connectivity index (χ1) is 12.0. The Morgan fingerprint density at radius 3 is 2.08 bits per heavy atom. The highest BCUT2D eigenvalue weighted by molar-refractivity contribution is 5.27. The second-order valence-corrected chi connectivity index (χ2v) is 7.85. The minimum atomic E-state index is -0.644. The molecule has 1 aliphatic heterocycles. The van der Waals surface area contributed by atoms with Gasteiger partial charge in [0.15, 0.2) is 0 Å². The molecule has 2 aromatic rings. The van der Waals surface area contributed by atoms with E-state index in [1.165, 1.54) is 11.1 Å². The predicted octanol–water partition coefficient (Wildman–Crippen LogP) is 5.27. The van der Waals surface area contributed by atoms with Crippen LogP contribution in [0.25, 0.3) is 0 Å². The van der Waals surface area contributed by atoms with Crippen LogP contribution in [0.2, 0.25) is 0 Å². The molecule has 2 nitrogen and oxygen atoms in total. The molecule has 25 heavy (non-hydrogen) atoms. The predicted molar refractivity (Wildman–Crippen MR) is 104 cm³/mol. The summed E-state index contributed by atoms with van der Waals surface area (Å²) >= 11 is 0. The SMILES string of the molecule is CCC[C@]1(O)C[C@H](c2ccccc2)N[C@@H](c2ccccc2)[C@H]1C(C)C. The van der Waals surface area contributed by atoms with E-state index in [4.69, 9.17) is 0 Å². The molecule has 134 valence electrons. The van der Waals surface area contributed by atoms with Crippen molar-refractivity contribution >= 4 is 0 Å². The van der Waals surface area contributed by atoms with E-state index in [-0.39, 0.29) is 18.0 Å². The van der Waals surface area contributed by atoms with Crippen molar-refractivity contribution in [2.45, 2.75) is 57.7 Å². The highest BCUT2D eigenvalue weighted by Crippen LogP contribution is 2.48. The Morgan fingerprint density at radius 1 is 1.00 bits per heavy atom. The van der Waals surface area contributed by atoms with Crippen LogP contribution in [0, 0.1) is 11.8 Å². The first-order valence-corrected chi connectivity index (χ1v) is 9.63. The van der Waals surface area contributed by atoms with Crippen molar-refractivity contribution < 1.29 is 5.11 Å². The van der Waals surface area contributed by atoms with Gasteiger partial charge in [-0.1, -0.05) is 87.9 Å². The zero-order valence-corrected chi connectivity index (χ0v) is 15.7. The summed E-state index contributed by atoms with van der Waals surface area (Å²) in [6.07, 6.45) is 2.63. The highest BCUT2D eigenvalue weighted by atomic mass is 16.3. The van der Waals surface area contributed by atoms with Gasteiger partial charge >= 0.3 is 0 Å². The van der Waals surface area contributed by atoms with Crippen LogP contribution < -0.4 is 5.32 Å². The maximum atomic E-state index is 11.7. The summed E-state index contributed by atoms with van der Waals surface area (Å²) in [6, 6.07) is 21.5. The van der Waals surface area contributed by atoms with Gasteiger partial charge in [-0.3, -0.25) is 0 Å². The van der Waals surface area contributed by atoms with Crippen LogP contribution in [0.1, 0.15) is 63.2 Å². The topological polar surface area (TPSA) is 32.3 Å². The van der Waals surface area contributed by atoms with E-state index in [0.29, 0.717) is 5.92 Å². The van der Waals surface area contributed by atoms with Crippen molar-refractivity contribution in [1.29, 1.82) is 0 Å². The monoisotopic (exact) mass is 337 g/mol. The summed E-state index contributed by atoms with van der Waals surface area (Å²) in [5.41, 5.74) is 1.89. The van der Waals surface area contributed by atoms with Crippen molar-refractivity contribution in [2.24, 2.45) is 11.8 Å². The van der Waals surface area contributed by atoms with E-state index in [0.717, 1.165) is 19.3 Å². The smallest absolute Gasteiger partial charge is 0.0714 e. The van der Waals surface area contributed by atoms with Gasteiger partial charge in [-0.2, -0.15) is 0 Å². The van der Waals surface area contributed by atoms with Gasteiger partial charge in [0.05, 0.1) is 5.60 Å². The van der Waals surface area contributed by atoms with E-state index in [2.05, 4.69) is 86.8 Å². The lowest BCUT2D eigenvalue weighted by molar-refractivity contribution is -0.0982. The molecule has 2 heteroatoms. The molecule has 0 saturated carbocycles. The maximum Gasteiger partial charge on any atom is 0.0714 e. The molecule has 3 rings (SSSR count). The number of hydrogen-bond donors (Lipinski definition) is 2. The van der Waals surface area contributed by atoms with Gasteiger partial charge in [-0.15, -0.1) is 0 Å². The lowest BCUT2D eigenvalue weighted by Gasteiger charge is -2.51. The average Bonchev–Trinajstić information content (AvgIpc) is 2.62. The van der Waals surface area contributed by atoms with Crippen LogP contribution in [0.3, 0.4) is 0 Å². The Kier molecular flexibility index (Phi) is 5.61. The molecule has 0 bridgehead atoms. The molecule has 0 radical (unpaired) electrons. The van der Waals surface area contributed by atoms with Crippen LogP contribution in [0.15, 0.2) is 60.7 Å². The Hall–Kier alpha value is -1.64. The number of rotatable bonds is 5. The molecular formula is C23H31NO. The summed E-state index contributed by atoms with van der Waals surface area (Å²) in [4.78, 5) is 0. The van der Waals surface area contributed by atoms with Crippen molar-refractivity contribution in [2.75, 3.05) is 0 Å². The minimum absolute atomic E-state index is 0.164. The number of piperidine rings is 1. The number of nitrogens with one attached hydrogen (secondary N) is 1. The molecule has 4 atom stereocenters. The zero-order valence-electron chi connectivity index (χ0n) is 15.7. The van der Waals surface area contributed by atoms with E-state index >= 15 is 0 Å². The number of hydrogen-bond acceptors (Lipinski definition) is 2. The quantitative estimate of drug-likeness (QED) is 0.779. The largest absolute Gasteiger partial charge is 0.389 e. The average molecular weight is 338 g/mol. The van der Waals surface area contributed by atoms with E-state index in [1.54, 1.807) is 0 Å². The van der Waals surface area contributed by atoms with Gasteiger partial charge in [0, 0.05) is 18.0 Å². The molecule has 0 unspecified atom stereocenters. The third-order valence-corrected chi connectivity index (χ3v) is 5.68. The van der Waals surface area contributed by atoms with Crippen molar-refractivity contribution in [3.05, 3.63) is 71.8 Å². The highest BCUT2D eigenvalue weighted by Gasteiger charge is 2.48. The van der Waals surface area contributed by atoms with E-state index < -0.39 is 5.60 Å². The fraction of sp³-hybridized carbons (Fsp3) is 0.478. The third-order valence-electron chi connectivity index (χ3n) is 5.68. The molecular weight excluding hydrogens is 306 g/mol. The molecule has 1 saturated heterocycles. The van der Waals surface area contributed by atoms with Gasteiger partial charge in [-0.25, -0.2) is 0 Å². The van der Waals surface area contributed by atoms with Gasteiger partial charge in [0.1, 0.15) is 0 Å². The zero-order chi connectivity index (χ0) is 17.9. The summed E-state index contributed by atoms with van der Waals surface area (Å²) in [5.74, 6) is 0.612. The summed E-state index contributed by atoms with van der Waals surface area (Å²) < 4.78 is 0. The molecule has 2 N–H and O–H groups in total. The molecule has 2 aromatic carbocycles.